The Balaban J connectivity index is 2.65. The molecule has 2 amide bonds. The lowest BCUT2D eigenvalue weighted by molar-refractivity contribution is 0.133. The zero-order chi connectivity index (χ0) is 13.8. The lowest BCUT2D eigenvalue weighted by Gasteiger charge is -2.25. The number of halogens is 1. The SMILES string of the molecule is COCC(C)(C)NC(=O)Nc1ncc(C)cc1Br. The van der Waals surface area contributed by atoms with Gasteiger partial charge in [0.1, 0.15) is 5.82 Å². The minimum absolute atomic E-state index is 0.311. The van der Waals surface area contributed by atoms with Crippen molar-refractivity contribution in [2.75, 3.05) is 19.0 Å². The standard InChI is InChI=1S/C12H18BrN3O2/c1-8-5-9(13)10(14-6-8)15-11(17)16-12(2,3)7-18-4/h5-6H,7H2,1-4H3,(H2,14,15,16,17). The number of ether oxygens (including phenoxy) is 1. The average Bonchev–Trinajstić information content (AvgIpc) is 2.21. The number of aromatic nitrogens is 1. The Bertz CT molecular complexity index is 435. The molecule has 0 bridgehead atoms. The summed E-state index contributed by atoms with van der Waals surface area (Å²) in [5.74, 6) is 0.492. The Morgan fingerprint density at radius 2 is 2.22 bits per heavy atom. The van der Waals surface area contributed by atoms with Gasteiger partial charge in [-0.15, -0.1) is 0 Å². The summed E-state index contributed by atoms with van der Waals surface area (Å²) in [6.45, 7) is 6.13. The molecule has 0 aromatic carbocycles. The summed E-state index contributed by atoms with van der Waals surface area (Å²) >= 11 is 3.36. The Kier molecular flexibility index (Phi) is 5.10. The van der Waals surface area contributed by atoms with Gasteiger partial charge in [-0.05, 0) is 48.3 Å². The van der Waals surface area contributed by atoms with Crippen LogP contribution in [0.3, 0.4) is 0 Å². The number of amides is 2. The maximum absolute atomic E-state index is 11.8. The number of urea groups is 1. The van der Waals surface area contributed by atoms with Gasteiger partial charge in [0.15, 0.2) is 0 Å². The Hall–Kier alpha value is -1.14. The van der Waals surface area contributed by atoms with Crippen LogP contribution in [0.4, 0.5) is 10.6 Å². The maximum atomic E-state index is 11.8. The van der Waals surface area contributed by atoms with Crippen molar-refractivity contribution < 1.29 is 9.53 Å². The highest BCUT2D eigenvalue weighted by Crippen LogP contribution is 2.20. The lowest BCUT2D eigenvalue weighted by Crippen LogP contribution is -2.48. The number of rotatable bonds is 4. The van der Waals surface area contributed by atoms with E-state index in [0.717, 1.165) is 10.0 Å². The number of hydrogen-bond donors (Lipinski definition) is 2. The van der Waals surface area contributed by atoms with Crippen molar-refractivity contribution in [3.05, 3.63) is 22.3 Å². The maximum Gasteiger partial charge on any atom is 0.320 e. The van der Waals surface area contributed by atoms with Crippen LogP contribution in [0.25, 0.3) is 0 Å². The fraction of sp³-hybridized carbons (Fsp3) is 0.500. The molecule has 1 aromatic heterocycles. The average molecular weight is 316 g/mol. The molecule has 0 aliphatic heterocycles. The minimum Gasteiger partial charge on any atom is -0.382 e. The van der Waals surface area contributed by atoms with Gasteiger partial charge in [0, 0.05) is 13.3 Å². The Labute approximate surface area is 115 Å². The van der Waals surface area contributed by atoms with E-state index in [4.69, 9.17) is 4.74 Å². The molecule has 0 aliphatic rings. The molecule has 0 atom stereocenters. The normalized spacial score (nSPS) is 11.2. The van der Waals surface area contributed by atoms with Gasteiger partial charge in [-0.25, -0.2) is 9.78 Å². The van der Waals surface area contributed by atoms with Gasteiger partial charge >= 0.3 is 6.03 Å². The molecule has 1 rings (SSSR count). The van der Waals surface area contributed by atoms with Gasteiger partial charge in [-0.3, -0.25) is 5.32 Å². The number of carbonyl (C=O) groups excluding carboxylic acids is 1. The van der Waals surface area contributed by atoms with Crippen LogP contribution in [0, 0.1) is 6.92 Å². The van der Waals surface area contributed by atoms with E-state index in [1.54, 1.807) is 13.3 Å². The zero-order valence-corrected chi connectivity index (χ0v) is 12.6. The molecule has 2 N–H and O–H groups in total. The topological polar surface area (TPSA) is 63.2 Å². The summed E-state index contributed by atoms with van der Waals surface area (Å²) in [6.07, 6.45) is 1.70. The number of nitrogens with one attached hydrogen (secondary N) is 2. The molecule has 5 nitrogen and oxygen atoms in total. The minimum atomic E-state index is -0.435. The summed E-state index contributed by atoms with van der Waals surface area (Å²) in [6, 6.07) is 1.58. The van der Waals surface area contributed by atoms with Gasteiger partial charge in [0.2, 0.25) is 0 Å². The number of anilines is 1. The molecular weight excluding hydrogens is 298 g/mol. The number of nitrogens with zero attached hydrogens (tertiary/aromatic N) is 1. The van der Waals surface area contributed by atoms with Crippen LogP contribution in [0.2, 0.25) is 0 Å². The summed E-state index contributed by atoms with van der Waals surface area (Å²) < 4.78 is 5.78. The third-order valence-corrected chi connectivity index (χ3v) is 2.77. The number of aryl methyl sites for hydroxylation is 1. The molecule has 0 unspecified atom stereocenters. The molecule has 100 valence electrons. The molecule has 0 spiro atoms. The molecule has 0 fully saturated rings. The van der Waals surface area contributed by atoms with E-state index in [-0.39, 0.29) is 6.03 Å². The van der Waals surface area contributed by atoms with Crippen LogP contribution in [0.5, 0.6) is 0 Å². The highest BCUT2D eigenvalue weighted by Gasteiger charge is 2.20. The highest BCUT2D eigenvalue weighted by atomic mass is 79.9. The van der Waals surface area contributed by atoms with Crippen LogP contribution in [-0.4, -0.2) is 30.3 Å². The van der Waals surface area contributed by atoms with E-state index in [1.807, 2.05) is 26.8 Å². The third kappa shape index (κ3) is 4.62. The first kappa shape index (κ1) is 14.9. The van der Waals surface area contributed by atoms with Crippen molar-refractivity contribution in [2.24, 2.45) is 0 Å². The van der Waals surface area contributed by atoms with Gasteiger partial charge < -0.3 is 10.1 Å². The van der Waals surface area contributed by atoms with Crippen molar-refractivity contribution >= 4 is 27.8 Å². The van der Waals surface area contributed by atoms with E-state index >= 15 is 0 Å². The number of methoxy groups -OCH3 is 1. The van der Waals surface area contributed by atoms with E-state index < -0.39 is 5.54 Å². The fourth-order valence-corrected chi connectivity index (χ4v) is 2.03. The Morgan fingerprint density at radius 3 is 2.78 bits per heavy atom. The van der Waals surface area contributed by atoms with E-state index in [9.17, 15) is 4.79 Å². The predicted octanol–water partition coefficient (Wildman–Crippen LogP) is 2.70. The molecule has 1 aromatic rings. The fourth-order valence-electron chi connectivity index (χ4n) is 1.47. The Morgan fingerprint density at radius 1 is 1.56 bits per heavy atom. The van der Waals surface area contributed by atoms with Crippen LogP contribution in [0.15, 0.2) is 16.7 Å². The molecule has 0 aliphatic carbocycles. The zero-order valence-electron chi connectivity index (χ0n) is 11.0. The first-order valence-electron chi connectivity index (χ1n) is 5.54. The smallest absolute Gasteiger partial charge is 0.320 e. The van der Waals surface area contributed by atoms with Gasteiger partial charge in [0.05, 0.1) is 16.6 Å². The second-order valence-corrected chi connectivity index (χ2v) is 5.59. The van der Waals surface area contributed by atoms with Crippen molar-refractivity contribution in [1.29, 1.82) is 0 Å². The summed E-state index contributed by atoms with van der Waals surface area (Å²) in [7, 11) is 1.60. The molecule has 0 saturated heterocycles. The van der Waals surface area contributed by atoms with Crippen LogP contribution in [0.1, 0.15) is 19.4 Å². The van der Waals surface area contributed by atoms with Crippen molar-refractivity contribution in [2.45, 2.75) is 26.3 Å². The largest absolute Gasteiger partial charge is 0.382 e. The molecular formula is C12H18BrN3O2. The van der Waals surface area contributed by atoms with Gasteiger partial charge in [0.25, 0.3) is 0 Å². The van der Waals surface area contributed by atoms with Crippen LogP contribution in [-0.2, 0) is 4.74 Å². The number of hydrogen-bond acceptors (Lipinski definition) is 3. The molecule has 18 heavy (non-hydrogen) atoms. The first-order chi connectivity index (χ1) is 8.34. The molecule has 0 radical (unpaired) electrons. The number of carbonyl (C=O) groups is 1. The second kappa shape index (κ2) is 6.15. The summed E-state index contributed by atoms with van der Waals surface area (Å²) in [5, 5.41) is 5.50. The highest BCUT2D eigenvalue weighted by molar-refractivity contribution is 9.10. The molecule has 1 heterocycles. The summed E-state index contributed by atoms with van der Waals surface area (Å²) in [4.78, 5) is 15.9. The lowest BCUT2D eigenvalue weighted by atomic mass is 10.1. The summed E-state index contributed by atoms with van der Waals surface area (Å²) in [5.41, 5.74) is 0.586. The van der Waals surface area contributed by atoms with Crippen molar-refractivity contribution in [1.82, 2.24) is 10.3 Å². The van der Waals surface area contributed by atoms with Crippen molar-refractivity contribution in [3.63, 3.8) is 0 Å². The van der Waals surface area contributed by atoms with Crippen LogP contribution >= 0.6 is 15.9 Å². The first-order valence-corrected chi connectivity index (χ1v) is 6.33. The van der Waals surface area contributed by atoms with E-state index in [0.29, 0.717) is 12.4 Å². The van der Waals surface area contributed by atoms with Crippen molar-refractivity contribution in [3.8, 4) is 0 Å². The monoisotopic (exact) mass is 315 g/mol. The van der Waals surface area contributed by atoms with Crippen LogP contribution < -0.4 is 10.6 Å². The van der Waals surface area contributed by atoms with Gasteiger partial charge in [-0.2, -0.15) is 0 Å². The third-order valence-electron chi connectivity index (χ3n) is 2.17. The molecule has 0 saturated carbocycles. The van der Waals surface area contributed by atoms with E-state index in [2.05, 4.69) is 31.5 Å². The van der Waals surface area contributed by atoms with Gasteiger partial charge in [-0.1, -0.05) is 0 Å². The number of pyridine rings is 1. The quantitative estimate of drug-likeness (QED) is 0.898. The molecule has 6 heteroatoms. The second-order valence-electron chi connectivity index (χ2n) is 4.74. The van der Waals surface area contributed by atoms with E-state index in [1.165, 1.54) is 0 Å². The predicted molar refractivity (Wildman–Crippen MR) is 74.8 cm³/mol.